The van der Waals surface area contributed by atoms with Crippen LogP contribution in [0, 0.1) is 5.92 Å². The third-order valence-electron chi connectivity index (χ3n) is 1.77. The minimum atomic E-state index is -4.24. The molecule has 0 radical (unpaired) electrons. The van der Waals surface area contributed by atoms with Crippen LogP contribution in [-0.4, -0.2) is 24.7 Å². The van der Waals surface area contributed by atoms with Crippen molar-refractivity contribution in [2.24, 2.45) is 11.7 Å². The van der Waals surface area contributed by atoms with Crippen molar-refractivity contribution < 1.29 is 18.0 Å². The van der Waals surface area contributed by atoms with Crippen molar-refractivity contribution in [2.75, 3.05) is 6.54 Å². The van der Waals surface area contributed by atoms with Gasteiger partial charge in [0.1, 0.15) is 0 Å². The summed E-state index contributed by atoms with van der Waals surface area (Å²) in [5.74, 6) is -0.277. The Balaban J connectivity index is 3.74. The molecule has 90 valence electrons. The fourth-order valence-electron chi connectivity index (χ4n) is 1.07. The summed E-state index contributed by atoms with van der Waals surface area (Å²) in [6.07, 6.45) is -4.79. The second-order valence-corrected chi connectivity index (χ2v) is 3.89. The summed E-state index contributed by atoms with van der Waals surface area (Å²) in [5.41, 5.74) is 5.47. The Kier molecular flexibility index (Phi) is 5.64. The topological polar surface area (TPSA) is 55.1 Å². The Bertz CT molecular complexity index is 204. The minimum Gasteiger partial charge on any atom is -0.354 e. The van der Waals surface area contributed by atoms with E-state index >= 15 is 0 Å². The van der Waals surface area contributed by atoms with E-state index in [1.165, 1.54) is 0 Å². The molecule has 0 aliphatic heterocycles. The fourth-order valence-corrected chi connectivity index (χ4v) is 1.07. The molecule has 0 fully saturated rings. The van der Waals surface area contributed by atoms with Gasteiger partial charge >= 0.3 is 6.18 Å². The molecule has 15 heavy (non-hydrogen) atoms. The lowest BCUT2D eigenvalue weighted by Gasteiger charge is -2.14. The predicted octanol–water partition coefficient (Wildman–Crippen LogP) is 1.43. The molecule has 3 nitrogen and oxygen atoms in total. The standard InChI is InChI=1S/C9H17F3N2O/c1-6(2)5-7(13)8(15)14-4-3-9(10,11)12/h6-7H,3-5,13H2,1-2H3,(H,14,15)/t7-/m1/s1. The molecule has 0 aliphatic carbocycles. The van der Waals surface area contributed by atoms with Gasteiger partial charge in [0.05, 0.1) is 12.5 Å². The molecule has 1 amide bonds. The SMILES string of the molecule is CC(C)C[C@@H](N)C(=O)NCCC(F)(F)F. The molecule has 0 saturated carbocycles. The first-order valence-electron chi connectivity index (χ1n) is 4.82. The van der Waals surface area contributed by atoms with Gasteiger partial charge in [-0.25, -0.2) is 0 Å². The average Bonchev–Trinajstić information content (AvgIpc) is 2.00. The van der Waals surface area contributed by atoms with Crippen LogP contribution >= 0.6 is 0 Å². The van der Waals surface area contributed by atoms with Crippen molar-refractivity contribution in [2.45, 2.75) is 38.9 Å². The second-order valence-electron chi connectivity index (χ2n) is 3.89. The highest BCUT2D eigenvalue weighted by atomic mass is 19.4. The van der Waals surface area contributed by atoms with E-state index in [4.69, 9.17) is 5.73 Å². The summed E-state index contributed by atoms with van der Waals surface area (Å²) in [6, 6.07) is -0.724. The van der Waals surface area contributed by atoms with Crippen molar-refractivity contribution >= 4 is 5.91 Å². The van der Waals surface area contributed by atoms with Gasteiger partial charge in [0.15, 0.2) is 0 Å². The maximum atomic E-state index is 11.7. The van der Waals surface area contributed by atoms with Crippen LogP contribution in [0.1, 0.15) is 26.7 Å². The average molecular weight is 226 g/mol. The Morgan fingerprint density at radius 1 is 1.40 bits per heavy atom. The van der Waals surface area contributed by atoms with Crippen molar-refractivity contribution in [1.29, 1.82) is 0 Å². The number of hydrogen-bond acceptors (Lipinski definition) is 2. The zero-order chi connectivity index (χ0) is 12.1. The van der Waals surface area contributed by atoms with E-state index in [1.807, 2.05) is 13.8 Å². The van der Waals surface area contributed by atoms with Gasteiger partial charge in [0.2, 0.25) is 5.91 Å². The highest BCUT2D eigenvalue weighted by molar-refractivity contribution is 5.81. The summed E-state index contributed by atoms with van der Waals surface area (Å²) in [6.45, 7) is 3.37. The molecular formula is C9H17F3N2O. The predicted molar refractivity (Wildman–Crippen MR) is 51.1 cm³/mol. The van der Waals surface area contributed by atoms with E-state index in [-0.39, 0.29) is 5.92 Å². The molecule has 0 bridgehead atoms. The summed E-state index contributed by atoms with van der Waals surface area (Å²) in [4.78, 5) is 11.2. The highest BCUT2D eigenvalue weighted by Gasteiger charge is 2.27. The lowest BCUT2D eigenvalue weighted by molar-refractivity contribution is -0.136. The van der Waals surface area contributed by atoms with E-state index in [1.54, 1.807) is 0 Å². The maximum absolute atomic E-state index is 11.7. The molecule has 0 aromatic heterocycles. The Labute approximate surface area is 87.2 Å². The number of halogens is 3. The lowest BCUT2D eigenvalue weighted by Crippen LogP contribution is -2.42. The first kappa shape index (κ1) is 14.2. The van der Waals surface area contributed by atoms with Crippen molar-refractivity contribution in [3.8, 4) is 0 Å². The van der Waals surface area contributed by atoms with E-state index in [0.29, 0.717) is 6.42 Å². The van der Waals surface area contributed by atoms with Gasteiger partial charge in [-0.15, -0.1) is 0 Å². The van der Waals surface area contributed by atoms with Crippen LogP contribution in [0.25, 0.3) is 0 Å². The Morgan fingerprint density at radius 3 is 2.33 bits per heavy atom. The Hall–Kier alpha value is -0.780. The zero-order valence-electron chi connectivity index (χ0n) is 8.90. The fraction of sp³-hybridized carbons (Fsp3) is 0.889. The van der Waals surface area contributed by atoms with Crippen molar-refractivity contribution in [3.05, 3.63) is 0 Å². The molecule has 0 spiro atoms. The first-order valence-corrected chi connectivity index (χ1v) is 4.82. The number of carbonyl (C=O) groups excluding carboxylic acids is 1. The monoisotopic (exact) mass is 226 g/mol. The van der Waals surface area contributed by atoms with Crippen LogP contribution < -0.4 is 11.1 Å². The van der Waals surface area contributed by atoms with Gasteiger partial charge in [0.25, 0.3) is 0 Å². The van der Waals surface area contributed by atoms with E-state index in [9.17, 15) is 18.0 Å². The molecule has 3 N–H and O–H groups in total. The quantitative estimate of drug-likeness (QED) is 0.745. The van der Waals surface area contributed by atoms with E-state index in [0.717, 1.165) is 0 Å². The number of alkyl halides is 3. The maximum Gasteiger partial charge on any atom is 0.390 e. The molecule has 0 unspecified atom stereocenters. The molecular weight excluding hydrogens is 209 g/mol. The van der Waals surface area contributed by atoms with E-state index < -0.39 is 31.1 Å². The largest absolute Gasteiger partial charge is 0.390 e. The molecule has 0 rings (SSSR count). The smallest absolute Gasteiger partial charge is 0.354 e. The van der Waals surface area contributed by atoms with Gasteiger partial charge in [0, 0.05) is 6.54 Å². The Morgan fingerprint density at radius 2 is 1.93 bits per heavy atom. The number of hydrogen-bond donors (Lipinski definition) is 2. The van der Waals surface area contributed by atoms with Gasteiger partial charge < -0.3 is 11.1 Å². The number of carbonyl (C=O) groups is 1. The van der Waals surface area contributed by atoms with Gasteiger partial charge in [-0.3, -0.25) is 4.79 Å². The number of nitrogens with two attached hydrogens (primary N) is 1. The zero-order valence-corrected chi connectivity index (χ0v) is 8.90. The van der Waals surface area contributed by atoms with Crippen LogP contribution in [0.4, 0.5) is 13.2 Å². The minimum absolute atomic E-state index is 0.244. The van der Waals surface area contributed by atoms with Crippen LogP contribution in [0.5, 0.6) is 0 Å². The molecule has 0 saturated heterocycles. The molecule has 0 aromatic rings. The van der Waals surface area contributed by atoms with Crippen LogP contribution in [0.2, 0.25) is 0 Å². The number of amides is 1. The van der Waals surface area contributed by atoms with Crippen molar-refractivity contribution in [1.82, 2.24) is 5.32 Å². The van der Waals surface area contributed by atoms with Crippen LogP contribution in [-0.2, 0) is 4.79 Å². The van der Waals surface area contributed by atoms with Gasteiger partial charge in [-0.05, 0) is 12.3 Å². The summed E-state index contributed by atoms with van der Waals surface area (Å²) in [7, 11) is 0. The van der Waals surface area contributed by atoms with Crippen LogP contribution in [0.15, 0.2) is 0 Å². The third-order valence-corrected chi connectivity index (χ3v) is 1.77. The highest BCUT2D eigenvalue weighted by Crippen LogP contribution is 2.18. The summed E-state index contributed by atoms with van der Waals surface area (Å²) in [5, 5.41) is 2.16. The molecule has 0 aromatic carbocycles. The number of rotatable bonds is 5. The van der Waals surface area contributed by atoms with Gasteiger partial charge in [-0.2, -0.15) is 13.2 Å². The first-order chi connectivity index (χ1) is 6.72. The van der Waals surface area contributed by atoms with Crippen molar-refractivity contribution in [3.63, 3.8) is 0 Å². The van der Waals surface area contributed by atoms with Crippen LogP contribution in [0.3, 0.4) is 0 Å². The summed E-state index contributed by atoms with van der Waals surface area (Å²) < 4.78 is 35.2. The normalized spacial score (nSPS) is 14.1. The second kappa shape index (κ2) is 5.95. The molecule has 6 heteroatoms. The van der Waals surface area contributed by atoms with E-state index in [2.05, 4.69) is 5.32 Å². The summed E-state index contributed by atoms with van der Waals surface area (Å²) >= 11 is 0. The van der Waals surface area contributed by atoms with Gasteiger partial charge in [-0.1, -0.05) is 13.8 Å². The lowest BCUT2D eigenvalue weighted by atomic mass is 10.0. The molecule has 0 heterocycles. The number of nitrogens with one attached hydrogen (secondary N) is 1. The third kappa shape index (κ3) is 8.23. The molecule has 1 atom stereocenters. The molecule has 0 aliphatic rings.